The van der Waals surface area contributed by atoms with Crippen molar-refractivity contribution in [2.45, 2.75) is 38.5 Å². The van der Waals surface area contributed by atoms with Crippen LogP contribution in [0.15, 0.2) is 4.99 Å². The first-order chi connectivity index (χ1) is 7.52. The van der Waals surface area contributed by atoms with E-state index in [2.05, 4.69) is 50.1 Å². The number of likely N-dealkylation sites (N-methyl/N-ethyl adjacent to an activating group) is 1. The van der Waals surface area contributed by atoms with Crippen LogP contribution >= 0.6 is 11.8 Å². The van der Waals surface area contributed by atoms with Gasteiger partial charge >= 0.3 is 0 Å². The van der Waals surface area contributed by atoms with Crippen LogP contribution in [0.3, 0.4) is 0 Å². The van der Waals surface area contributed by atoms with Gasteiger partial charge in [-0.3, -0.25) is 4.99 Å². The molecule has 2 atom stereocenters. The molecular weight excluding hydrogens is 218 g/mol. The van der Waals surface area contributed by atoms with Gasteiger partial charge in [-0.05, 0) is 26.4 Å². The van der Waals surface area contributed by atoms with E-state index >= 15 is 0 Å². The maximum Gasteiger partial charge on any atom is 0.157 e. The van der Waals surface area contributed by atoms with Gasteiger partial charge in [0.1, 0.15) is 0 Å². The van der Waals surface area contributed by atoms with Crippen LogP contribution in [-0.4, -0.2) is 48.5 Å². The van der Waals surface area contributed by atoms with Crippen molar-refractivity contribution in [3.05, 3.63) is 0 Å². The van der Waals surface area contributed by atoms with Gasteiger partial charge in [-0.1, -0.05) is 32.5 Å². The topological polar surface area (TPSA) is 27.6 Å². The summed E-state index contributed by atoms with van der Waals surface area (Å²) in [6, 6.07) is 0.497. The minimum atomic E-state index is 0.497. The van der Waals surface area contributed by atoms with E-state index < -0.39 is 0 Å². The van der Waals surface area contributed by atoms with E-state index in [9.17, 15) is 0 Å². The minimum absolute atomic E-state index is 0.497. The maximum atomic E-state index is 4.57. The fourth-order valence-electron chi connectivity index (χ4n) is 1.68. The lowest BCUT2D eigenvalue weighted by atomic mass is 10.0. The average molecular weight is 243 g/mol. The minimum Gasteiger partial charge on any atom is -0.361 e. The van der Waals surface area contributed by atoms with Gasteiger partial charge < -0.3 is 10.2 Å². The molecular formula is C12H25N3S. The number of rotatable bonds is 5. The van der Waals surface area contributed by atoms with Gasteiger partial charge in [-0.2, -0.15) is 0 Å². The number of nitrogens with zero attached hydrogens (tertiary/aromatic N) is 2. The van der Waals surface area contributed by atoms with Gasteiger partial charge in [-0.15, -0.1) is 0 Å². The summed E-state index contributed by atoms with van der Waals surface area (Å²) in [5.74, 6) is 0.631. The molecule has 3 nitrogen and oxygen atoms in total. The van der Waals surface area contributed by atoms with Crippen molar-refractivity contribution in [3.8, 4) is 0 Å². The Morgan fingerprint density at radius 2 is 2.19 bits per heavy atom. The summed E-state index contributed by atoms with van der Waals surface area (Å²) in [4.78, 5) is 6.80. The highest BCUT2D eigenvalue weighted by Crippen LogP contribution is 2.22. The first kappa shape index (κ1) is 13.8. The largest absolute Gasteiger partial charge is 0.361 e. The molecule has 0 radical (unpaired) electrons. The average Bonchev–Trinajstić information content (AvgIpc) is 2.63. The van der Waals surface area contributed by atoms with Crippen molar-refractivity contribution in [2.24, 2.45) is 10.9 Å². The Morgan fingerprint density at radius 3 is 2.62 bits per heavy atom. The van der Waals surface area contributed by atoms with E-state index in [0.29, 0.717) is 17.2 Å². The number of hydrogen-bond donors (Lipinski definition) is 1. The van der Waals surface area contributed by atoms with Crippen molar-refractivity contribution in [2.75, 3.05) is 27.2 Å². The van der Waals surface area contributed by atoms with Crippen molar-refractivity contribution >= 4 is 16.9 Å². The second kappa shape index (κ2) is 6.50. The fourth-order valence-corrected chi connectivity index (χ4v) is 2.68. The first-order valence-electron chi connectivity index (χ1n) is 6.15. The van der Waals surface area contributed by atoms with E-state index in [4.69, 9.17) is 0 Å². The molecule has 1 aliphatic rings. The third-order valence-corrected chi connectivity index (χ3v) is 4.13. The normalized spacial score (nSPS) is 22.7. The predicted molar refractivity (Wildman–Crippen MR) is 74.3 cm³/mol. The predicted octanol–water partition coefficient (Wildman–Crippen LogP) is 2.04. The highest BCUT2D eigenvalue weighted by molar-refractivity contribution is 8.14. The molecule has 2 unspecified atom stereocenters. The summed E-state index contributed by atoms with van der Waals surface area (Å²) in [5.41, 5.74) is 0. The summed E-state index contributed by atoms with van der Waals surface area (Å²) >= 11 is 1.90. The molecule has 0 aromatic carbocycles. The summed E-state index contributed by atoms with van der Waals surface area (Å²) in [6.45, 7) is 8.80. The molecule has 1 aliphatic heterocycles. The Hall–Kier alpha value is -0.220. The second-order valence-electron chi connectivity index (χ2n) is 5.05. The number of nitrogens with one attached hydrogen (secondary N) is 1. The summed E-state index contributed by atoms with van der Waals surface area (Å²) < 4.78 is 0. The third kappa shape index (κ3) is 4.34. The maximum absolute atomic E-state index is 4.57. The van der Waals surface area contributed by atoms with Crippen LogP contribution in [0.5, 0.6) is 0 Å². The molecule has 0 fully saturated rings. The van der Waals surface area contributed by atoms with Crippen LogP contribution in [0.1, 0.15) is 27.2 Å². The highest BCUT2D eigenvalue weighted by Gasteiger charge is 2.22. The lowest BCUT2D eigenvalue weighted by Crippen LogP contribution is -2.43. The van der Waals surface area contributed by atoms with Gasteiger partial charge in [0, 0.05) is 17.8 Å². The Bertz CT molecular complexity index is 238. The lowest BCUT2D eigenvalue weighted by Gasteiger charge is -2.26. The second-order valence-corrected chi connectivity index (χ2v) is 6.34. The lowest BCUT2D eigenvalue weighted by molar-refractivity contribution is 0.314. The van der Waals surface area contributed by atoms with E-state index in [-0.39, 0.29) is 0 Å². The molecule has 0 amide bonds. The molecule has 0 saturated carbocycles. The number of thioether (sulfide) groups is 1. The Morgan fingerprint density at radius 1 is 1.50 bits per heavy atom. The van der Waals surface area contributed by atoms with E-state index in [1.165, 1.54) is 6.42 Å². The third-order valence-electron chi connectivity index (χ3n) is 2.85. The van der Waals surface area contributed by atoms with Crippen LogP contribution in [0.2, 0.25) is 0 Å². The van der Waals surface area contributed by atoms with Crippen LogP contribution in [0.25, 0.3) is 0 Å². The van der Waals surface area contributed by atoms with Crippen molar-refractivity contribution in [1.29, 1.82) is 0 Å². The molecule has 0 saturated heterocycles. The molecule has 0 aromatic rings. The van der Waals surface area contributed by atoms with Gasteiger partial charge in [0.05, 0.1) is 6.54 Å². The molecule has 16 heavy (non-hydrogen) atoms. The Balaban J connectivity index is 2.43. The quantitative estimate of drug-likeness (QED) is 0.801. The highest BCUT2D eigenvalue weighted by atomic mass is 32.2. The molecule has 1 N–H and O–H groups in total. The van der Waals surface area contributed by atoms with E-state index in [0.717, 1.165) is 18.3 Å². The molecule has 0 bridgehead atoms. The van der Waals surface area contributed by atoms with Gasteiger partial charge in [0.15, 0.2) is 5.17 Å². The smallest absolute Gasteiger partial charge is 0.157 e. The molecule has 0 aromatic heterocycles. The molecule has 0 spiro atoms. The first-order valence-corrected chi connectivity index (χ1v) is 7.03. The zero-order valence-electron chi connectivity index (χ0n) is 11.2. The Labute approximate surface area is 104 Å². The SMILES string of the molecule is CCC1CN=C(NC(CN(C)C)C(C)C)S1. The monoisotopic (exact) mass is 243 g/mol. The molecule has 1 heterocycles. The fraction of sp³-hybridized carbons (Fsp3) is 0.917. The molecule has 94 valence electrons. The van der Waals surface area contributed by atoms with Gasteiger partial charge in [0.2, 0.25) is 0 Å². The zero-order chi connectivity index (χ0) is 12.1. The molecule has 1 rings (SSSR count). The summed E-state index contributed by atoms with van der Waals surface area (Å²) in [5, 5.41) is 5.42. The molecule has 0 aliphatic carbocycles. The zero-order valence-corrected chi connectivity index (χ0v) is 12.0. The van der Waals surface area contributed by atoms with Crippen LogP contribution in [-0.2, 0) is 0 Å². The van der Waals surface area contributed by atoms with Gasteiger partial charge in [0.25, 0.3) is 0 Å². The van der Waals surface area contributed by atoms with Crippen molar-refractivity contribution in [1.82, 2.24) is 10.2 Å². The van der Waals surface area contributed by atoms with Crippen molar-refractivity contribution < 1.29 is 0 Å². The molecule has 4 heteroatoms. The van der Waals surface area contributed by atoms with Crippen LogP contribution < -0.4 is 5.32 Å². The van der Waals surface area contributed by atoms with Crippen LogP contribution in [0, 0.1) is 5.92 Å². The van der Waals surface area contributed by atoms with Crippen LogP contribution in [0.4, 0.5) is 0 Å². The number of hydrogen-bond acceptors (Lipinski definition) is 4. The standard InChI is InChI=1S/C12H25N3S/c1-6-10-7-13-12(16-10)14-11(9(2)3)8-15(4)5/h9-11H,6-8H2,1-5H3,(H,13,14). The number of aliphatic imine (C=N–C) groups is 1. The summed E-state index contributed by atoms with van der Waals surface area (Å²) in [7, 11) is 4.24. The summed E-state index contributed by atoms with van der Waals surface area (Å²) in [6.07, 6.45) is 1.21. The van der Waals surface area contributed by atoms with Crippen molar-refractivity contribution in [3.63, 3.8) is 0 Å². The van der Waals surface area contributed by atoms with E-state index in [1.54, 1.807) is 0 Å². The number of amidine groups is 1. The van der Waals surface area contributed by atoms with E-state index in [1.807, 2.05) is 11.8 Å². The van der Waals surface area contributed by atoms with Gasteiger partial charge in [-0.25, -0.2) is 0 Å². The Kier molecular flexibility index (Phi) is 5.62.